The first-order chi connectivity index (χ1) is 16.4. The molecule has 0 fully saturated rings. The molecule has 0 unspecified atom stereocenters. The minimum atomic E-state index is -0.0902. The van der Waals surface area contributed by atoms with E-state index in [0.717, 1.165) is 45.0 Å². The monoisotopic (exact) mass is 423 g/mol. The average molecular weight is 423 g/mol. The highest BCUT2D eigenvalue weighted by Gasteiger charge is 2.47. The van der Waals surface area contributed by atoms with Crippen molar-refractivity contribution in [3.63, 3.8) is 0 Å². The number of aromatic nitrogens is 3. The molecule has 0 bridgehead atoms. The zero-order valence-corrected chi connectivity index (χ0v) is 17.7. The summed E-state index contributed by atoms with van der Waals surface area (Å²) in [5.41, 5.74) is 10.1. The highest BCUT2D eigenvalue weighted by molar-refractivity contribution is 6.86. The van der Waals surface area contributed by atoms with Gasteiger partial charge >= 0.3 is 6.98 Å². The van der Waals surface area contributed by atoms with Crippen molar-refractivity contribution in [2.45, 2.75) is 0 Å². The second kappa shape index (κ2) is 7.03. The van der Waals surface area contributed by atoms with Crippen LogP contribution in [0, 0.1) is 0 Å². The maximum Gasteiger partial charge on any atom is 0.422 e. The van der Waals surface area contributed by atoms with E-state index in [0.29, 0.717) is 0 Å². The number of hydrogen-bond acceptors (Lipinski definition) is 5. The summed E-state index contributed by atoms with van der Waals surface area (Å²) in [5, 5.41) is 0. The third-order valence-corrected chi connectivity index (χ3v) is 6.50. The molecule has 33 heavy (non-hydrogen) atoms. The minimum Gasteiger partial charge on any atom is -0.361 e. The number of benzene rings is 2. The van der Waals surface area contributed by atoms with Gasteiger partial charge in [-0.05, 0) is 41.9 Å². The van der Waals surface area contributed by atoms with Crippen LogP contribution in [-0.2, 0) is 0 Å². The largest absolute Gasteiger partial charge is 0.422 e. The fraction of sp³-hybridized carbons (Fsp3) is 0. The Morgan fingerprint density at radius 2 is 0.939 bits per heavy atom. The number of rotatable bonds is 2. The first kappa shape index (κ1) is 18.2. The molecule has 0 aliphatic carbocycles. The average Bonchev–Trinajstić information content (AvgIpc) is 2.90. The van der Waals surface area contributed by atoms with Crippen LogP contribution >= 0.6 is 0 Å². The Balaban J connectivity index is 1.62. The minimum absolute atomic E-state index is 0.0902. The standard InChI is InChI=1S/C27H18BN5/c1-3-7-19(8-4-1)32-25-11-13-29-15-21(25)23-17-31-18-24-22-16-30-14-12-26(22)33(28(32)27(23)24)20-9-5-2-6-10-20/h1-18H. The van der Waals surface area contributed by atoms with E-state index in [1.165, 1.54) is 5.46 Å². The third-order valence-electron chi connectivity index (χ3n) is 6.50. The molecule has 154 valence electrons. The maximum atomic E-state index is 4.64. The zero-order chi connectivity index (χ0) is 21.8. The third kappa shape index (κ3) is 2.58. The smallest absolute Gasteiger partial charge is 0.361 e. The van der Waals surface area contributed by atoms with E-state index >= 15 is 0 Å². The van der Waals surface area contributed by atoms with Gasteiger partial charge in [0.1, 0.15) is 0 Å². The molecule has 0 saturated carbocycles. The molecule has 0 saturated heterocycles. The summed E-state index contributed by atoms with van der Waals surface area (Å²) in [4.78, 5) is 18.4. The van der Waals surface area contributed by atoms with Crippen molar-refractivity contribution in [3.8, 4) is 22.3 Å². The van der Waals surface area contributed by atoms with E-state index < -0.39 is 0 Å². The topological polar surface area (TPSA) is 45.2 Å². The first-order valence-electron chi connectivity index (χ1n) is 11.0. The lowest BCUT2D eigenvalue weighted by molar-refractivity contribution is 1.20. The van der Waals surface area contributed by atoms with Crippen LogP contribution in [0.2, 0.25) is 0 Å². The van der Waals surface area contributed by atoms with Gasteiger partial charge in [-0.25, -0.2) is 0 Å². The highest BCUT2D eigenvalue weighted by Crippen LogP contribution is 2.47. The summed E-state index contributed by atoms with van der Waals surface area (Å²) in [7, 11) is 0. The molecule has 0 N–H and O–H groups in total. The maximum absolute atomic E-state index is 4.64. The second-order valence-corrected chi connectivity index (χ2v) is 8.22. The van der Waals surface area contributed by atoms with E-state index in [4.69, 9.17) is 0 Å². The molecule has 2 aliphatic heterocycles. The summed E-state index contributed by atoms with van der Waals surface area (Å²) in [5.74, 6) is 0. The van der Waals surface area contributed by atoms with Gasteiger partial charge in [-0.1, -0.05) is 36.4 Å². The summed E-state index contributed by atoms with van der Waals surface area (Å²) in [6, 6.07) is 25.3. The molecule has 0 radical (unpaired) electrons. The molecule has 0 spiro atoms. The van der Waals surface area contributed by atoms with Gasteiger partial charge in [0.15, 0.2) is 0 Å². The molecule has 5 nitrogen and oxygen atoms in total. The fourth-order valence-electron chi connectivity index (χ4n) is 5.16. The summed E-state index contributed by atoms with van der Waals surface area (Å²) >= 11 is 0. The quantitative estimate of drug-likeness (QED) is 0.365. The molecule has 2 aliphatic rings. The highest BCUT2D eigenvalue weighted by atomic mass is 15.2. The van der Waals surface area contributed by atoms with E-state index in [1.54, 1.807) is 0 Å². The van der Waals surface area contributed by atoms with Gasteiger partial charge in [-0.15, -0.1) is 0 Å². The van der Waals surface area contributed by atoms with E-state index in [2.05, 4.69) is 97.4 Å². The molecule has 3 aromatic heterocycles. The van der Waals surface area contributed by atoms with Crippen molar-refractivity contribution < 1.29 is 0 Å². The van der Waals surface area contributed by atoms with Crippen LogP contribution in [0.1, 0.15) is 0 Å². The summed E-state index contributed by atoms with van der Waals surface area (Å²) < 4.78 is 0. The molecule has 0 atom stereocenters. The van der Waals surface area contributed by atoms with Crippen LogP contribution in [0.3, 0.4) is 0 Å². The van der Waals surface area contributed by atoms with Gasteiger partial charge in [-0.2, -0.15) is 0 Å². The van der Waals surface area contributed by atoms with Crippen LogP contribution in [-0.4, -0.2) is 21.9 Å². The number of nitrogens with zero attached hydrogens (tertiary/aromatic N) is 5. The van der Waals surface area contributed by atoms with Crippen molar-refractivity contribution in [2.24, 2.45) is 0 Å². The Morgan fingerprint density at radius 1 is 0.485 bits per heavy atom. The number of fused-ring (bicyclic) bond motifs is 4. The molecule has 2 aromatic carbocycles. The van der Waals surface area contributed by atoms with Crippen LogP contribution in [0.15, 0.2) is 110 Å². The summed E-state index contributed by atoms with van der Waals surface area (Å²) in [6.45, 7) is -0.0902. The molecular formula is C27H18BN5. The van der Waals surface area contributed by atoms with Gasteiger partial charge in [0.2, 0.25) is 0 Å². The Kier molecular flexibility index (Phi) is 3.87. The van der Waals surface area contributed by atoms with Gasteiger partial charge in [0.05, 0.1) is 0 Å². The van der Waals surface area contributed by atoms with Crippen molar-refractivity contribution >= 4 is 35.2 Å². The molecule has 0 amide bonds. The van der Waals surface area contributed by atoms with Crippen LogP contribution in [0.4, 0.5) is 22.7 Å². The van der Waals surface area contributed by atoms with Crippen molar-refractivity contribution in [2.75, 3.05) is 9.62 Å². The molecule has 5 heterocycles. The lowest BCUT2D eigenvalue weighted by atomic mass is 9.54. The molecule has 6 heteroatoms. The number of anilines is 4. The Morgan fingerprint density at radius 3 is 1.42 bits per heavy atom. The number of hydrogen-bond donors (Lipinski definition) is 0. The number of pyridine rings is 3. The Bertz CT molecular complexity index is 1380. The van der Waals surface area contributed by atoms with Gasteiger partial charge < -0.3 is 9.62 Å². The Hall–Kier alpha value is -4.45. The Labute approximate surface area is 192 Å². The van der Waals surface area contributed by atoms with Crippen molar-refractivity contribution in [1.29, 1.82) is 0 Å². The summed E-state index contributed by atoms with van der Waals surface area (Å²) in [6.07, 6.45) is 11.6. The van der Waals surface area contributed by atoms with Gasteiger partial charge in [0.25, 0.3) is 0 Å². The van der Waals surface area contributed by atoms with Crippen LogP contribution < -0.4 is 15.1 Å². The molecule has 5 aromatic rings. The van der Waals surface area contributed by atoms with Crippen LogP contribution in [0.5, 0.6) is 0 Å². The lowest BCUT2D eigenvalue weighted by Gasteiger charge is -2.47. The molecule has 7 rings (SSSR count). The van der Waals surface area contributed by atoms with Gasteiger partial charge in [0, 0.05) is 82.2 Å². The van der Waals surface area contributed by atoms with Crippen molar-refractivity contribution in [3.05, 3.63) is 110 Å². The second-order valence-electron chi connectivity index (χ2n) is 8.22. The number of para-hydroxylation sites is 2. The normalized spacial score (nSPS) is 13.3. The van der Waals surface area contributed by atoms with E-state index in [1.807, 2.05) is 37.2 Å². The first-order valence-corrected chi connectivity index (χ1v) is 11.0. The van der Waals surface area contributed by atoms with E-state index in [9.17, 15) is 0 Å². The van der Waals surface area contributed by atoms with E-state index in [-0.39, 0.29) is 6.98 Å². The SMILES string of the molecule is c1ccc(N2B3c4c(cncc4-c4cnccc4N3c3ccccc3)-c3cnccc32)cc1. The zero-order valence-electron chi connectivity index (χ0n) is 17.7. The molecular weight excluding hydrogens is 405 g/mol. The van der Waals surface area contributed by atoms with Crippen LogP contribution in [0.25, 0.3) is 22.3 Å². The van der Waals surface area contributed by atoms with Gasteiger partial charge in [-0.3, -0.25) is 15.0 Å². The lowest BCUT2D eigenvalue weighted by Crippen LogP contribution is -2.62. The van der Waals surface area contributed by atoms with Crippen molar-refractivity contribution in [1.82, 2.24) is 15.0 Å². The predicted molar refractivity (Wildman–Crippen MR) is 133 cm³/mol. The predicted octanol–water partition coefficient (Wildman–Crippen LogP) is 5.20. The fourth-order valence-corrected chi connectivity index (χ4v) is 5.16.